The lowest BCUT2D eigenvalue weighted by atomic mass is 10.1. The normalized spacial score (nSPS) is 9.30. The van der Waals surface area contributed by atoms with Gasteiger partial charge in [0.25, 0.3) is 0 Å². The molecular weight excluding hydrogens is 126 g/mol. The Kier molecular flexibility index (Phi) is 1.71. The van der Waals surface area contributed by atoms with E-state index >= 15 is 0 Å². The van der Waals surface area contributed by atoms with E-state index in [2.05, 4.69) is 6.07 Å². The molecule has 0 bridgehead atoms. The maximum atomic E-state index is 10.6. The topological polar surface area (TPSA) is 43.1 Å². The minimum atomic E-state index is -0.418. The van der Waals surface area contributed by atoms with Gasteiger partial charge in [0, 0.05) is 5.56 Å². The molecule has 10 heavy (non-hydrogen) atoms. The maximum Gasteiger partial charge on any atom is 0.249 e. The zero-order valence-corrected chi connectivity index (χ0v) is 5.72. The number of amides is 1. The van der Waals surface area contributed by atoms with Crippen molar-refractivity contribution < 1.29 is 4.79 Å². The minimum absolute atomic E-state index is 0.418. The molecule has 2 heteroatoms. The molecule has 1 rings (SSSR count). The van der Waals surface area contributed by atoms with Gasteiger partial charge in [-0.2, -0.15) is 0 Å². The SMILES string of the molecule is Cc1ccc[c]c1C(N)=O. The Morgan fingerprint density at radius 3 is 2.80 bits per heavy atom. The van der Waals surface area contributed by atoms with Crippen LogP contribution in [-0.4, -0.2) is 5.91 Å². The van der Waals surface area contributed by atoms with E-state index in [4.69, 9.17) is 5.73 Å². The van der Waals surface area contributed by atoms with Gasteiger partial charge in [-0.15, -0.1) is 0 Å². The lowest BCUT2D eigenvalue weighted by molar-refractivity contribution is 0.0999. The first-order valence-electron chi connectivity index (χ1n) is 2.99. The molecule has 0 fully saturated rings. The molecule has 0 saturated carbocycles. The number of carbonyl (C=O) groups is 1. The van der Waals surface area contributed by atoms with Crippen LogP contribution in [0.2, 0.25) is 0 Å². The fourth-order valence-electron chi connectivity index (χ4n) is 0.787. The van der Waals surface area contributed by atoms with Crippen LogP contribution in [-0.2, 0) is 0 Å². The molecule has 0 aliphatic carbocycles. The van der Waals surface area contributed by atoms with Crippen LogP contribution < -0.4 is 5.73 Å². The Hall–Kier alpha value is -1.31. The van der Waals surface area contributed by atoms with Crippen molar-refractivity contribution >= 4 is 5.91 Å². The molecule has 0 unspecified atom stereocenters. The Balaban J connectivity index is 3.15. The third kappa shape index (κ3) is 1.16. The van der Waals surface area contributed by atoms with Crippen molar-refractivity contribution in [2.75, 3.05) is 0 Å². The number of nitrogens with two attached hydrogens (primary N) is 1. The molecule has 0 aliphatic rings. The van der Waals surface area contributed by atoms with Gasteiger partial charge in [-0.1, -0.05) is 18.2 Å². The predicted molar refractivity (Wildman–Crippen MR) is 38.5 cm³/mol. The number of benzene rings is 1. The summed E-state index contributed by atoms with van der Waals surface area (Å²) in [5, 5.41) is 0. The van der Waals surface area contributed by atoms with Crippen molar-refractivity contribution in [1.29, 1.82) is 0 Å². The van der Waals surface area contributed by atoms with Crippen molar-refractivity contribution in [2.45, 2.75) is 6.92 Å². The Bertz CT molecular complexity index is 255. The number of aryl methyl sites for hydroxylation is 1. The van der Waals surface area contributed by atoms with E-state index in [0.29, 0.717) is 5.56 Å². The fourth-order valence-corrected chi connectivity index (χ4v) is 0.787. The van der Waals surface area contributed by atoms with Crippen molar-refractivity contribution in [2.24, 2.45) is 5.73 Å². The first kappa shape index (κ1) is 6.81. The molecule has 0 spiro atoms. The minimum Gasteiger partial charge on any atom is -0.366 e. The van der Waals surface area contributed by atoms with Crippen molar-refractivity contribution in [1.82, 2.24) is 0 Å². The first-order chi connectivity index (χ1) is 4.72. The Morgan fingerprint density at radius 2 is 2.40 bits per heavy atom. The molecule has 1 aromatic rings. The van der Waals surface area contributed by atoms with Gasteiger partial charge in [-0.3, -0.25) is 4.79 Å². The molecule has 2 N–H and O–H groups in total. The summed E-state index contributed by atoms with van der Waals surface area (Å²) < 4.78 is 0. The summed E-state index contributed by atoms with van der Waals surface area (Å²) >= 11 is 0. The van der Waals surface area contributed by atoms with Gasteiger partial charge in [0.1, 0.15) is 0 Å². The van der Waals surface area contributed by atoms with Crippen LogP contribution in [0.15, 0.2) is 18.2 Å². The summed E-state index contributed by atoms with van der Waals surface area (Å²) in [6.07, 6.45) is 0. The van der Waals surface area contributed by atoms with E-state index in [9.17, 15) is 4.79 Å². The molecule has 0 saturated heterocycles. The summed E-state index contributed by atoms with van der Waals surface area (Å²) in [4.78, 5) is 10.6. The second-order valence-corrected chi connectivity index (χ2v) is 2.09. The van der Waals surface area contributed by atoms with Crippen LogP contribution in [0.4, 0.5) is 0 Å². The number of rotatable bonds is 1. The number of carbonyl (C=O) groups excluding carboxylic acids is 1. The van der Waals surface area contributed by atoms with Crippen LogP contribution in [0.25, 0.3) is 0 Å². The average molecular weight is 134 g/mol. The molecule has 1 aromatic carbocycles. The third-order valence-electron chi connectivity index (χ3n) is 1.31. The summed E-state index contributed by atoms with van der Waals surface area (Å²) in [5.41, 5.74) is 6.39. The van der Waals surface area contributed by atoms with Crippen LogP contribution in [0.5, 0.6) is 0 Å². The van der Waals surface area contributed by atoms with Crippen LogP contribution >= 0.6 is 0 Å². The highest BCUT2D eigenvalue weighted by molar-refractivity contribution is 5.93. The molecule has 0 aromatic heterocycles. The molecule has 1 radical (unpaired) electrons. The first-order valence-corrected chi connectivity index (χ1v) is 2.99. The van der Waals surface area contributed by atoms with E-state index in [-0.39, 0.29) is 0 Å². The standard InChI is InChI=1S/C8H8NO/c1-6-4-2-3-5-7(6)8(9)10/h2-4H,1H3,(H2,9,10). The van der Waals surface area contributed by atoms with Gasteiger partial charge in [-0.25, -0.2) is 0 Å². The maximum absolute atomic E-state index is 10.6. The highest BCUT2D eigenvalue weighted by Crippen LogP contribution is 2.03. The largest absolute Gasteiger partial charge is 0.366 e. The molecular formula is C8H8NO. The van der Waals surface area contributed by atoms with Crippen molar-refractivity contribution in [3.63, 3.8) is 0 Å². The van der Waals surface area contributed by atoms with E-state index in [0.717, 1.165) is 5.56 Å². The lowest BCUT2D eigenvalue weighted by Gasteiger charge is -1.96. The van der Waals surface area contributed by atoms with Gasteiger partial charge in [0.15, 0.2) is 0 Å². The van der Waals surface area contributed by atoms with Gasteiger partial charge in [0.05, 0.1) is 0 Å². The zero-order valence-electron chi connectivity index (χ0n) is 5.72. The average Bonchev–Trinajstić information content (AvgIpc) is 1.88. The Morgan fingerprint density at radius 1 is 1.70 bits per heavy atom. The van der Waals surface area contributed by atoms with Crippen molar-refractivity contribution in [3.05, 3.63) is 35.4 Å². The summed E-state index contributed by atoms with van der Waals surface area (Å²) in [6, 6.07) is 8.09. The van der Waals surface area contributed by atoms with E-state index in [1.165, 1.54) is 0 Å². The fraction of sp³-hybridized carbons (Fsp3) is 0.125. The van der Waals surface area contributed by atoms with Gasteiger partial charge in [-0.05, 0) is 18.6 Å². The van der Waals surface area contributed by atoms with Crippen LogP contribution in [0.1, 0.15) is 15.9 Å². The molecule has 0 aliphatic heterocycles. The molecule has 51 valence electrons. The number of hydrogen-bond acceptors (Lipinski definition) is 1. The predicted octanol–water partition coefficient (Wildman–Crippen LogP) is 0.894. The molecule has 0 atom stereocenters. The molecule has 2 nitrogen and oxygen atoms in total. The van der Waals surface area contributed by atoms with E-state index < -0.39 is 5.91 Å². The monoisotopic (exact) mass is 134 g/mol. The van der Waals surface area contributed by atoms with E-state index in [1.807, 2.05) is 19.1 Å². The van der Waals surface area contributed by atoms with Crippen molar-refractivity contribution in [3.8, 4) is 0 Å². The molecule has 0 heterocycles. The smallest absolute Gasteiger partial charge is 0.249 e. The lowest BCUT2D eigenvalue weighted by Crippen LogP contribution is -2.12. The second kappa shape index (κ2) is 2.52. The third-order valence-corrected chi connectivity index (χ3v) is 1.31. The number of hydrogen-bond donors (Lipinski definition) is 1. The van der Waals surface area contributed by atoms with Gasteiger partial charge in [0.2, 0.25) is 5.91 Å². The van der Waals surface area contributed by atoms with E-state index in [1.54, 1.807) is 6.07 Å². The quantitative estimate of drug-likeness (QED) is 0.609. The number of primary amides is 1. The zero-order chi connectivity index (χ0) is 7.56. The second-order valence-electron chi connectivity index (χ2n) is 2.09. The summed E-state index contributed by atoms with van der Waals surface area (Å²) in [5.74, 6) is -0.418. The van der Waals surface area contributed by atoms with Crippen LogP contribution in [0.3, 0.4) is 0 Å². The van der Waals surface area contributed by atoms with Crippen LogP contribution in [0, 0.1) is 13.0 Å². The summed E-state index contributed by atoms with van der Waals surface area (Å²) in [6.45, 7) is 1.83. The highest BCUT2D eigenvalue weighted by atomic mass is 16.1. The summed E-state index contributed by atoms with van der Waals surface area (Å²) in [7, 11) is 0. The van der Waals surface area contributed by atoms with Gasteiger partial charge >= 0.3 is 0 Å². The van der Waals surface area contributed by atoms with Gasteiger partial charge < -0.3 is 5.73 Å². The highest BCUT2D eigenvalue weighted by Gasteiger charge is 2.01. The molecule has 1 amide bonds. The Labute approximate surface area is 59.7 Å².